The van der Waals surface area contributed by atoms with E-state index in [2.05, 4.69) is 5.32 Å². The standard InChI is InChI=1S/C16H18ClNO3/c1-14(2)15(3)8-9-16(14,21-13(15)20)12(19)18-11-6-4-10(17)5-7-11/h4-7H,8-9H2,1-3H3,(H,18,19). The number of amides is 1. The molecule has 0 spiro atoms. The maximum atomic E-state index is 12.8. The third kappa shape index (κ3) is 1.68. The molecule has 1 N–H and O–H groups in total. The van der Waals surface area contributed by atoms with E-state index in [0.29, 0.717) is 23.6 Å². The Hall–Kier alpha value is -1.55. The predicted octanol–water partition coefficient (Wildman–Crippen LogP) is 3.40. The van der Waals surface area contributed by atoms with E-state index < -0.39 is 16.4 Å². The molecule has 5 heteroatoms. The van der Waals surface area contributed by atoms with Crippen molar-refractivity contribution in [1.82, 2.24) is 0 Å². The minimum atomic E-state index is -1.08. The molecule has 1 saturated carbocycles. The van der Waals surface area contributed by atoms with Crippen molar-refractivity contribution in [2.24, 2.45) is 10.8 Å². The number of anilines is 1. The van der Waals surface area contributed by atoms with E-state index in [-0.39, 0.29) is 11.9 Å². The molecular formula is C16H18ClNO3. The van der Waals surface area contributed by atoms with E-state index in [4.69, 9.17) is 16.3 Å². The molecule has 0 aromatic heterocycles. The van der Waals surface area contributed by atoms with Crippen molar-refractivity contribution in [3.05, 3.63) is 29.3 Å². The van der Waals surface area contributed by atoms with Gasteiger partial charge in [-0.05, 0) is 44.0 Å². The maximum Gasteiger partial charge on any atom is 0.313 e. The molecule has 1 aliphatic heterocycles. The van der Waals surface area contributed by atoms with Crippen molar-refractivity contribution >= 4 is 29.2 Å². The molecule has 2 bridgehead atoms. The van der Waals surface area contributed by atoms with Crippen LogP contribution in [0.25, 0.3) is 0 Å². The van der Waals surface area contributed by atoms with E-state index >= 15 is 0 Å². The summed E-state index contributed by atoms with van der Waals surface area (Å²) < 4.78 is 5.55. The molecule has 2 fully saturated rings. The summed E-state index contributed by atoms with van der Waals surface area (Å²) in [4.78, 5) is 24.9. The molecule has 2 aliphatic rings. The highest BCUT2D eigenvalue weighted by molar-refractivity contribution is 6.30. The van der Waals surface area contributed by atoms with Gasteiger partial charge in [0.1, 0.15) is 0 Å². The Morgan fingerprint density at radius 3 is 2.29 bits per heavy atom. The first-order valence-corrected chi connectivity index (χ1v) is 7.41. The second kappa shape index (κ2) is 4.23. The van der Waals surface area contributed by atoms with Gasteiger partial charge in [0, 0.05) is 16.1 Å². The number of esters is 1. The summed E-state index contributed by atoms with van der Waals surface area (Å²) >= 11 is 5.84. The minimum absolute atomic E-state index is 0.260. The lowest BCUT2D eigenvalue weighted by atomic mass is 9.66. The van der Waals surface area contributed by atoms with Crippen LogP contribution in [0.1, 0.15) is 33.6 Å². The van der Waals surface area contributed by atoms with Crippen LogP contribution in [0.2, 0.25) is 5.02 Å². The Morgan fingerprint density at radius 2 is 1.81 bits per heavy atom. The van der Waals surface area contributed by atoms with Gasteiger partial charge in [0.05, 0.1) is 5.41 Å². The van der Waals surface area contributed by atoms with Crippen molar-refractivity contribution in [2.75, 3.05) is 5.32 Å². The number of halogens is 1. The highest BCUT2D eigenvalue weighted by Gasteiger charge is 2.75. The van der Waals surface area contributed by atoms with Gasteiger partial charge in [-0.15, -0.1) is 0 Å². The van der Waals surface area contributed by atoms with Gasteiger partial charge in [0.15, 0.2) is 5.60 Å². The quantitative estimate of drug-likeness (QED) is 0.852. The van der Waals surface area contributed by atoms with Gasteiger partial charge in [0.2, 0.25) is 0 Å². The molecule has 21 heavy (non-hydrogen) atoms. The number of carbonyl (C=O) groups excluding carboxylic acids is 2. The molecule has 2 atom stereocenters. The molecule has 1 aromatic rings. The number of hydrogen-bond acceptors (Lipinski definition) is 3. The van der Waals surface area contributed by atoms with Gasteiger partial charge >= 0.3 is 5.97 Å². The first-order valence-electron chi connectivity index (χ1n) is 7.03. The summed E-state index contributed by atoms with van der Waals surface area (Å²) in [6, 6.07) is 6.88. The number of benzene rings is 1. The Labute approximate surface area is 128 Å². The zero-order valence-electron chi connectivity index (χ0n) is 12.3. The summed E-state index contributed by atoms with van der Waals surface area (Å²) in [5, 5.41) is 3.45. The third-order valence-corrected chi connectivity index (χ3v) is 5.80. The summed E-state index contributed by atoms with van der Waals surface area (Å²) in [5.74, 6) is -0.533. The van der Waals surface area contributed by atoms with Crippen molar-refractivity contribution in [2.45, 2.75) is 39.2 Å². The van der Waals surface area contributed by atoms with Crippen LogP contribution in [0.5, 0.6) is 0 Å². The van der Waals surface area contributed by atoms with E-state index in [1.54, 1.807) is 24.3 Å². The fourth-order valence-electron chi connectivity index (χ4n) is 3.51. The van der Waals surface area contributed by atoms with Gasteiger partial charge < -0.3 is 10.1 Å². The van der Waals surface area contributed by atoms with E-state index in [9.17, 15) is 9.59 Å². The molecular weight excluding hydrogens is 290 g/mol. The molecule has 1 aliphatic carbocycles. The van der Waals surface area contributed by atoms with Crippen molar-refractivity contribution in [3.8, 4) is 0 Å². The normalized spacial score (nSPS) is 32.9. The van der Waals surface area contributed by atoms with Gasteiger partial charge in [-0.3, -0.25) is 9.59 Å². The Kier molecular flexibility index (Phi) is 2.90. The monoisotopic (exact) mass is 307 g/mol. The lowest BCUT2D eigenvalue weighted by Gasteiger charge is -2.35. The van der Waals surface area contributed by atoms with Gasteiger partial charge in [-0.2, -0.15) is 0 Å². The van der Waals surface area contributed by atoms with Crippen LogP contribution in [-0.4, -0.2) is 17.5 Å². The highest BCUT2D eigenvalue weighted by atomic mass is 35.5. The lowest BCUT2D eigenvalue weighted by Crippen LogP contribution is -2.50. The van der Waals surface area contributed by atoms with Crippen molar-refractivity contribution < 1.29 is 14.3 Å². The maximum absolute atomic E-state index is 12.8. The van der Waals surface area contributed by atoms with Gasteiger partial charge in [0.25, 0.3) is 5.91 Å². The van der Waals surface area contributed by atoms with Gasteiger partial charge in [-0.25, -0.2) is 0 Å². The van der Waals surface area contributed by atoms with Crippen molar-refractivity contribution in [3.63, 3.8) is 0 Å². The first-order chi connectivity index (χ1) is 9.73. The molecule has 1 aromatic carbocycles. The number of fused-ring (bicyclic) bond motifs is 2. The van der Waals surface area contributed by atoms with Crippen LogP contribution in [0.4, 0.5) is 5.69 Å². The smallest absolute Gasteiger partial charge is 0.313 e. The van der Waals surface area contributed by atoms with Crippen LogP contribution in [0, 0.1) is 10.8 Å². The summed E-state index contributed by atoms with van der Waals surface area (Å²) in [6.07, 6.45) is 1.23. The number of rotatable bonds is 2. The minimum Gasteiger partial charge on any atom is -0.448 e. The zero-order chi connectivity index (χ0) is 15.5. The molecule has 112 valence electrons. The molecule has 1 heterocycles. The fourth-order valence-corrected chi connectivity index (χ4v) is 3.64. The van der Waals surface area contributed by atoms with Crippen LogP contribution < -0.4 is 5.32 Å². The third-order valence-electron chi connectivity index (χ3n) is 5.55. The SMILES string of the molecule is CC12CCC(C(=O)Nc3ccc(Cl)cc3)(OC1=O)C2(C)C. The number of nitrogens with one attached hydrogen (secondary N) is 1. The Morgan fingerprint density at radius 1 is 1.19 bits per heavy atom. The second-order valence-corrected chi connectivity index (χ2v) is 7.07. The lowest BCUT2D eigenvalue weighted by molar-refractivity contribution is -0.165. The summed E-state index contributed by atoms with van der Waals surface area (Å²) in [6.45, 7) is 5.76. The van der Waals surface area contributed by atoms with Crippen molar-refractivity contribution in [1.29, 1.82) is 0 Å². The van der Waals surface area contributed by atoms with E-state index in [1.165, 1.54) is 0 Å². The van der Waals surface area contributed by atoms with E-state index in [1.807, 2.05) is 20.8 Å². The van der Waals surface area contributed by atoms with E-state index in [0.717, 1.165) is 0 Å². The molecule has 3 rings (SSSR count). The molecule has 1 amide bonds. The molecule has 4 nitrogen and oxygen atoms in total. The molecule has 0 radical (unpaired) electrons. The number of carbonyl (C=O) groups is 2. The highest BCUT2D eigenvalue weighted by Crippen LogP contribution is 2.65. The van der Waals surface area contributed by atoms with Gasteiger partial charge in [-0.1, -0.05) is 25.4 Å². The first kappa shape index (κ1) is 14.4. The molecule has 2 unspecified atom stereocenters. The fraction of sp³-hybridized carbons (Fsp3) is 0.500. The Bertz CT molecular complexity index is 625. The second-order valence-electron chi connectivity index (χ2n) is 6.63. The summed E-state index contributed by atoms with van der Waals surface area (Å²) in [7, 11) is 0. The average molecular weight is 308 g/mol. The zero-order valence-corrected chi connectivity index (χ0v) is 13.1. The van der Waals surface area contributed by atoms with Crippen LogP contribution in [-0.2, 0) is 14.3 Å². The number of hydrogen-bond donors (Lipinski definition) is 1. The topological polar surface area (TPSA) is 55.4 Å². The Balaban J connectivity index is 1.91. The molecule has 1 saturated heterocycles. The van der Waals surface area contributed by atoms with Crippen LogP contribution in [0.3, 0.4) is 0 Å². The van der Waals surface area contributed by atoms with Crippen LogP contribution >= 0.6 is 11.6 Å². The van der Waals surface area contributed by atoms with Crippen LogP contribution in [0.15, 0.2) is 24.3 Å². The largest absolute Gasteiger partial charge is 0.448 e. The predicted molar refractivity (Wildman–Crippen MR) is 80.0 cm³/mol. The summed E-state index contributed by atoms with van der Waals surface area (Å²) in [5.41, 5.74) is -1.57. The average Bonchev–Trinajstić information content (AvgIpc) is 2.72. The number of ether oxygens (including phenoxy) is 1.